The lowest BCUT2D eigenvalue weighted by atomic mass is 10.0. The van der Waals surface area contributed by atoms with E-state index in [4.69, 9.17) is 16.3 Å². The molecule has 1 amide bonds. The van der Waals surface area contributed by atoms with Crippen LogP contribution < -0.4 is 10.1 Å². The van der Waals surface area contributed by atoms with Crippen molar-refractivity contribution in [3.8, 4) is 11.5 Å². The Bertz CT molecular complexity index is 768. The number of carbonyl (C=O) groups excluding carboxylic acids is 1. The molecule has 4 nitrogen and oxygen atoms in total. The molecule has 1 aliphatic heterocycles. The number of hydrogen-bond donors (Lipinski definition) is 2. The summed E-state index contributed by atoms with van der Waals surface area (Å²) in [6, 6.07) is 10.2. The van der Waals surface area contributed by atoms with E-state index < -0.39 is 0 Å². The van der Waals surface area contributed by atoms with Gasteiger partial charge in [0, 0.05) is 21.8 Å². The van der Waals surface area contributed by atoms with E-state index in [0.29, 0.717) is 21.9 Å². The van der Waals surface area contributed by atoms with Gasteiger partial charge in [-0.15, -0.1) is 0 Å². The van der Waals surface area contributed by atoms with Gasteiger partial charge in [0.25, 0.3) is 5.91 Å². The summed E-state index contributed by atoms with van der Waals surface area (Å²) in [5, 5.41) is 13.1. The van der Waals surface area contributed by atoms with E-state index in [0.717, 1.165) is 11.3 Å². The van der Waals surface area contributed by atoms with Gasteiger partial charge in [0.2, 0.25) is 0 Å². The van der Waals surface area contributed by atoms with Crippen molar-refractivity contribution in [1.29, 1.82) is 0 Å². The molecule has 1 heterocycles. The summed E-state index contributed by atoms with van der Waals surface area (Å²) in [7, 11) is 1.48. The van der Waals surface area contributed by atoms with E-state index >= 15 is 0 Å². The summed E-state index contributed by atoms with van der Waals surface area (Å²) in [6.45, 7) is 0. The Kier molecular flexibility index (Phi) is 3.31. The molecule has 3 rings (SSSR count). The van der Waals surface area contributed by atoms with Crippen molar-refractivity contribution in [3.63, 3.8) is 0 Å². The molecule has 0 spiro atoms. The molecule has 0 unspecified atom stereocenters. The van der Waals surface area contributed by atoms with E-state index in [-0.39, 0.29) is 11.7 Å². The average molecular weight is 302 g/mol. The molecule has 5 heteroatoms. The van der Waals surface area contributed by atoms with Crippen LogP contribution >= 0.6 is 11.6 Å². The molecule has 21 heavy (non-hydrogen) atoms. The third-order valence-corrected chi connectivity index (χ3v) is 3.51. The van der Waals surface area contributed by atoms with Crippen molar-refractivity contribution < 1.29 is 14.6 Å². The summed E-state index contributed by atoms with van der Waals surface area (Å²) >= 11 is 5.98. The molecule has 0 bridgehead atoms. The fraction of sp³-hybridized carbons (Fsp3) is 0.0625. The molecule has 0 saturated carbocycles. The predicted molar refractivity (Wildman–Crippen MR) is 82.6 cm³/mol. The van der Waals surface area contributed by atoms with Gasteiger partial charge < -0.3 is 15.2 Å². The second-order valence-corrected chi connectivity index (χ2v) is 5.07. The third kappa shape index (κ3) is 2.45. The number of anilines is 1. The van der Waals surface area contributed by atoms with Crippen molar-refractivity contribution in [3.05, 3.63) is 52.5 Å². The standard InChI is InChI=1S/C16H12ClNO3/c1-21-15-5-2-9(7-14(15)19)6-12-11-8-10(17)3-4-13(11)18-16(12)20/h2-8,19H,1H3,(H,18,20). The van der Waals surface area contributed by atoms with Gasteiger partial charge in [-0.1, -0.05) is 17.7 Å². The highest BCUT2D eigenvalue weighted by Crippen LogP contribution is 2.36. The summed E-state index contributed by atoms with van der Waals surface area (Å²) < 4.78 is 5.00. The minimum absolute atomic E-state index is 0.0246. The molecule has 106 valence electrons. The normalized spacial score (nSPS) is 15.0. The second kappa shape index (κ2) is 5.14. The maximum Gasteiger partial charge on any atom is 0.256 e. The van der Waals surface area contributed by atoms with E-state index in [9.17, 15) is 9.90 Å². The van der Waals surface area contributed by atoms with Gasteiger partial charge in [0.05, 0.1) is 7.11 Å². The van der Waals surface area contributed by atoms with Crippen LogP contribution in [0.3, 0.4) is 0 Å². The Labute approximate surface area is 126 Å². The molecule has 0 aliphatic carbocycles. The topological polar surface area (TPSA) is 58.6 Å². The van der Waals surface area contributed by atoms with Crippen LogP contribution in [0, 0.1) is 0 Å². The lowest BCUT2D eigenvalue weighted by Gasteiger charge is -2.04. The Morgan fingerprint density at radius 2 is 2.05 bits per heavy atom. The first kappa shape index (κ1) is 13.5. The zero-order valence-corrected chi connectivity index (χ0v) is 11.9. The number of hydrogen-bond acceptors (Lipinski definition) is 3. The van der Waals surface area contributed by atoms with Gasteiger partial charge in [-0.3, -0.25) is 4.79 Å². The first-order chi connectivity index (χ1) is 10.1. The number of phenolic OH excluding ortho intramolecular Hbond substituents is 1. The number of ether oxygens (including phenoxy) is 1. The summed E-state index contributed by atoms with van der Waals surface area (Å²) in [5.41, 5.74) is 2.69. The molecular formula is C16H12ClNO3. The van der Waals surface area contributed by atoms with Gasteiger partial charge in [-0.05, 0) is 42.0 Å². The van der Waals surface area contributed by atoms with Crippen LogP contribution in [0.5, 0.6) is 11.5 Å². The quantitative estimate of drug-likeness (QED) is 0.834. The van der Waals surface area contributed by atoms with Crippen LogP contribution in [0.25, 0.3) is 11.6 Å². The molecule has 2 N–H and O–H groups in total. The van der Waals surface area contributed by atoms with E-state index in [1.165, 1.54) is 7.11 Å². The number of phenols is 1. The third-order valence-electron chi connectivity index (χ3n) is 3.28. The highest BCUT2D eigenvalue weighted by Gasteiger charge is 2.24. The van der Waals surface area contributed by atoms with Crippen molar-refractivity contribution in [1.82, 2.24) is 0 Å². The minimum atomic E-state index is -0.192. The molecular weight excluding hydrogens is 290 g/mol. The number of carbonyl (C=O) groups is 1. The van der Waals surface area contributed by atoms with Crippen molar-refractivity contribution in [2.24, 2.45) is 0 Å². The predicted octanol–water partition coefficient (Wildman–Crippen LogP) is 3.55. The minimum Gasteiger partial charge on any atom is -0.504 e. The van der Waals surface area contributed by atoms with Gasteiger partial charge in [0.1, 0.15) is 0 Å². The molecule has 0 saturated heterocycles. The largest absolute Gasteiger partial charge is 0.504 e. The lowest BCUT2D eigenvalue weighted by Crippen LogP contribution is -2.03. The second-order valence-electron chi connectivity index (χ2n) is 4.63. The molecule has 0 atom stereocenters. The number of nitrogens with one attached hydrogen (secondary N) is 1. The SMILES string of the molecule is COc1ccc(C=C2C(=O)Nc3ccc(Cl)cc32)cc1O. The molecule has 0 fully saturated rings. The highest BCUT2D eigenvalue weighted by atomic mass is 35.5. The number of fused-ring (bicyclic) bond motifs is 1. The fourth-order valence-electron chi connectivity index (χ4n) is 2.27. The maximum atomic E-state index is 12.0. The Balaban J connectivity index is 2.06. The molecule has 2 aromatic carbocycles. The van der Waals surface area contributed by atoms with E-state index in [1.54, 1.807) is 42.5 Å². The molecule has 1 aliphatic rings. The number of rotatable bonds is 2. The van der Waals surface area contributed by atoms with Crippen LogP contribution in [0.1, 0.15) is 11.1 Å². The van der Waals surface area contributed by atoms with Crippen LogP contribution in [-0.2, 0) is 4.79 Å². The number of aromatic hydroxyl groups is 1. The van der Waals surface area contributed by atoms with E-state index in [1.807, 2.05) is 0 Å². The maximum absolute atomic E-state index is 12.0. The number of halogens is 1. The van der Waals surface area contributed by atoms with Crippen LogP contribution in [0.2, 0.25) is 5.02 Å². The van der Waals surface area contributed by atoms with Crippen molar-refractivity contribution in [2.45, 2.75) is 0 Å². The molecule has 0 aromatic heterocycles. The smallest absolute Gasteiger partial charge is 0.256 e. The van der Waals surface area contributed by atoms with Gasteiger partial charge in [-0.25, -0.2) is 0 Å². The van der Waals surface area contributed by atoms with E-state index in [2.05, 4.69) is 5.32 Å². The van der Waals surface area contributed by atoms with Gasteiger partial charge >= 0.3 is 0 Å². The number of methoxy groups -OCH3 is 1. The van der Waals surface area contributed by atoms with Crippen LogP contribution in [0.4, 0.5) is 5.69 Å². The first-order valence-corrected chi connectivity index (χ1v) is 6.66. The Morgan fingerprint density at radius 3 is 2.76 bits per heavy atom. The zero-order chi connectivity index (χ0) is 15.0. The van der Waals surface area contributed by atoms with Gasteiger partial charge in [0.15, 0.2) is 11.5 Å². The number of amides is 1. The highest BCUT2D eigenvalue weighted by molar-refractivity contribution is 6.36. The summed E-state index contributed by atoms with van der Waals surface area (Å²) in [5.74, 6) is 0.218. The molecule has 0 radical (unpaired) electrons. The zero-order valence-electron chi connectivity index (χ0n) is 11.2. The Hall–Kier alpha value is -2.46. The number of benzene rings is 2. The van der Waals surface area contributed by atoms with Crippen LogP contribution in [-0.4, -0.2) is 18.1 Å². The van der Waals surface area contributed by atoms with Crippen molar-refractivity contribution >= 4 is 34.8 Å². The van der Waals surface area contributed by atoms with Crippen LogP contribution in [0.15, 0.2) is 36.4 Å². The fourth-order valence-corrected chi connectivity index (χ4v) is 2.44. The monoisotopic (exact) mass is 301 g/mol. The van der Waals surface area contributed by atoms with Crippen molar-refractivity contribution in [2.75, 3.05) is 12.4 Å². The van der Waals surface area contributed by atoms with Gasteiger partial charge in [-0.2, -0.15) is 0 Å². The summed E-state index contributed by atoms with van der Waals surface area (Å²) in [6.07, 6.45) is 1.71. The average Bonchev–Trinajstić information content (AvgIpc) is 2.75. The Morgan fingerprint density at radius 1 is 1.24 bits per heavy atom. The molecule has 2 aromatic rings. The summed E-state index contributed by atoms with van der Waals surface area (Å²) in [4.78, 5) is 12.0. The lowest BCUT2D eigenvalue weighted by molar-refractivity contribution is -0.110. The first-order valence-electron chi connectivity index (χ1n) is 6.28.